The Bertz CT molecular complexity index is 1100. The van der Waals surface area contributed by atoms with Crippen LogP contribution in [0.15, 0.2) is 36.8 Å². The first kappa shape index (κ1) is 21.6. The van der Waals surface area contributed by atoms with Crippen molar-refractivity contribution < 1.29 is 19.1 Å². The van der Waals surface area contributed by atoms with E-state index in [2.05, 4.69) is 31.0 Å². The van der Waals surface area contributed by atoms with E-state index >= 15 is 0 Å². The molecule has 2 amide bonds. The van der Waals surface area contributed by atoms with Crippen molar-refractivity contribution in [3.05, 3.63) is 42.4 Å². The van der Waals surface area contributed by atoms with E-state index in [4.69, 9.17) is 9.47 Å². The molecule has 0 fully saturated rings. The van der Waals surface area contributed by atoms with Gasteiger partial charge in [0.05, 0.1) is 36.2 Å². The molecule has 0 bridgehead atoms. The zero-order valence-electron chi connectivity index (χ0n) is 17.6. The molecular weight excluding hydrogens is 402 g/mol. The Morgan fingerprint density at radius 3 is 2.65 bits per heavy atom. The zero-order chi connectivity index (χ0) is 22.4. The number of nitrogens with zero attached hydrogens (tertiary/aromatic N) is 4. The third kappa shape index (κ3) is 4.89. The van der Waals surface area contributed by atoms with Crippen molar-refractivity contribution in [2.45, 2.75) is 6.92 Å². The van der Waals surface area contributed by atoms with Crippen molar-refractivity contribution in [3.63, 3.8) is 0 Å². The van der Waals surface area contributed by atoms with Crippen molar-refractivity contribution in [1.82, 2.24) is 25.1 Å². The first-order chi connectivity index (χ1) is 15.0. The van der Waals surface area contributed by atoms with Gasteiger partial charge in [-0.25, -0.2) is 14.8 Å². The number of hydrogen-bond acceptors (Lipinski definition) is 8. The van der Waals surface area contributed by atoms with Gasteiger partial charge in [0.25, 0.3) is 5.91 Å². The number of rotatable bonds is 7. The molecular formula is C20H23N7O4. The van der Waals surface area contributed by atoms with Crippen LogP contribution < -0.4 is 20.7 Å². The number of ether oxygens (including phenoxy) is 2. The number of benzene rings is 1. The highest BCUT2D eigenvalue weighted by molar-refractivity contribution is 6.01. The number of carbonyl (C=O) groups excluding carboxylic acids is 2. The molecule has 0 saturated carbocycles. The summed E-state index contributed by atoms with van der Waals surface area (Å²) in [6.07, 6.45) is 2.31. The van der Waals surface area contributed by atoms with Gasteiger partial charge in [-0.15, -0.1) is 0 Å². The maximum Gasteiger partial charge on any atom is 0.412 e. The molecule has 162 valence electrons. The van der Waals surface area contributed by atoms with Gasteiger partial charge in [0.2, 0.25) is 0 Å². The Hall–Kier alpha value is -4.15. The van der Waals surface area contributed by atoms with Gasteiger partial charge in [-0.2, -0.15) is 5.10 Å². The van der Waals surface area contributed by atoms with Gasteiger partial charge in [-0.1, -0.05) is 6.07 Å². The largest absolute Gasteiger partial charge is 0.494 e. The summed E-state index contributed by atoms with van der Waals surface area (Å²) < 4.78 is 12.1. The molecule has 3 N–H and O–H groups in total. The summed E-state index contributed by atoms with van der Waals surface area (Å²) in [4.78, 5) is 32.5. The highest BCUT2D eigenvalue weighted by Crippen LogP contribution is 2.37. The number of aryl methyl sites for hydroxylation is 1. The number of hydrogen-bond donors (Lipinski definition) is 3. The van der Waals surface area contributed by atoms with Crippen LogP contribution >= 0.6 is 0 Å². The minimum atomic E-state index is -0.644. The van der Waals surface area contributed by atoms with Crippen LogP contribution in [0.25, 0.3) is 11.4 Å². The standard InChI is InChI=1S/C20H23N7O4/c1-5-31-20(29)25-16-9-15(13(10-22-16)19(28)21-2)24-14-8-6-7-12(17(14)30-4)18-23-11-27(3)26-18/h6-11H,5H2,1-4H3,(H,21,28)(H2,22,24,25,29). The zero-order valence-corrected chi connectivity index (χ0v) is 17.6. The second-order valence-corrected chi connectivity index (χ2v) is 6.29. The fourth-order valence-corrected chi connectivity index (χ4v) is 2.85. The lowest BCUT2D eigenvalue weighted by molar-refractivity contribution is 0.0963. The van der Waals surface area contributed by atoms with Crippen molar-refractivity contribution in [2.75, 3.05) is 31.4 Å². The predicted octanol–water partition coefficient (Wildman–Crippen LogP) is 2.56. The summed E-state index contributed by atoms with van der Waals surface area (Å²) in [7, 11) is 4.83. The number of methoxy groups -OCH3 is 1. The molecule has 0 aliphatic rings. The topological polar surface area (TPSA) is 132 Å². The second-order valence-electron chi connectivity index (χ2n) is 6.29. The number of anilines is 3. The molecule has 3 rings (SSSR count). The molecule has 0 radical (unpaired) electrons. The van der Waals surface area contributed by atoms with Crippen LogP contribution in [0.4, 0.5) is 22.0 Å². The second kappa shape index (κ2) is 9.57. The molecule has 0 unspecified atom stereocenters. The van der Waals surface area contributed by atoms with Crippen LogP contribution in [-0.4, -0.2) is 52.5 Å². The third-order valence-corrected chi connectivity index (χ3v) is 4.21. The van der Waals surface area contributed by atoms with Crippen LogP contribution in [0.3, 0.4) is 0 Å². The van der Waals surface area contributed by atoms with Crippen LogP contribution in [-0.2, 0) is 11.8 Å². The van der Waals surface area contributed by atoms with Crippen molar-refractivity contribution in [3.8, 4) is 17.1 Å². The van der Waals surface area contributed by atoms with Gasteiger partial charge in [-0.3, -0.25) is 14.8 Å². The van der Waals surface area contributed by atoms with Gasteiger partial charge in [0.15, 0.2) is 11.6 Å². The number of para-hydroxylation sites is 1. The summed E-state index contributed by atoms with van der Waals surface area (Å²) in [6.45, 7) is 1.92. The maximum atomic E-state index is 12.3. The number of pyridine rings is 1. The average molecular weight is 425 g/mol. The molecule has 11 heteroatoms. The number of aromatic nitrogens is 4. The lowest BCUT2D eigenvalue weighted by Crippen LogP contribution is -2.20. The van der Waals surface area contributed by atoms with Crippen LogP contribution in [0.2, 0.25) is 0 Å². The predicted molar refractivity (Wildman–Crippen MR) is 115 cm³/mol. The molecule has 0 aliphatic heterocycles. The number of amides is 2. The average Bonchev–Trinajstić information content (AvgIpc) is 3.19. The molecule has 2 heterocycles. The Balaban J connectivity index is 2.02. The van der Waals surface area contributed by atoms with Gasteiger partial charge in [0.1, 0.15) is 12.1 Å². The molecule has 3 aromatic rings. The fraction of sp³-hybridized carbons (Fsp3) is 0.250. The van der Waals surface area contributed by atoms with E-state index in [1.165, 1.54) is 26.4 Å². The van der Waals surface area contributed by atoms with Crippen LogP contribution in [0.1, 0.15) is 17.3 Å². The molecule has 0 atom stereocenters. The summed E-state index contributed by atoms with van der Waals surface area (Å²) in [5.41, 5.74) is 1.94. The normalized spacial score (nSPS) is 10.3. The van der Waals surface area contributed by atoms with E-state index in [0.29, 0.717) is 28.5 Å². The summed E-state index contributed by atoms with van der Waals surface area (Å²) in [5.74, 6) is 0.858. The van der Waals surface area contributed by atoms with E-state index in [-0.39, 0.29) is 23.9 Å². The molecule has 11 nitrogen and oxygen atoms in total. The summed E-state index contributed by atoms with van der Waals surface area (Å²) >= 11 is 0. The van der Waals surface area contributed by atoms with E-state index in [1.54, 1.807) is 31.0 Å². The number of carbonyl (C=O) groups is 2. The first-order valence-corrected chi connectivity index (χ1v) is 9.42. The molecule has 31 heavy (non-hydrogen) atoms. The molecule has 0 spiro atoms. The van der Waals surface area contributed by atoms with Gasteiger partial charge >= 0.3 is 6.09 Å². The maximum absolute atomic E-state index is 12.3. The van der Waals surface area contributed by atoms with Crippen LogP contribution in [0, 0.1) is 0 Å². The molecule has 0 saturated heterocycles. The minimum absolute atomic E-state index is 0.218. The Kier molecular flexibility index (Phi) is 6.65. The highest BCUT2D eigenvalue weighted by Gasteiger charge is 2.18. The molecule has 0 aliphatic carbocycles. The quantitative estimate of drug-likeness (QED) is 0.526. The Morgan fingerprint density at radius 1 is 1.19 bits per heavy atom. The van der Waals surface area contributed by atoms with Crippen molar-refractivity contribution >= 4 is 29.2 Å². The van der Waals surface area contributed by atoms with Crippen LogP contribution in [0.5, 0.6) is 5.75 Å². The van der Waals surface area contributed by atoms with E-state index in [1.807, 2.05) is 12.1 Å². The van der Waals surface area contributed by atoms with Crippen molar-refractivity contribution in [2.24, 2.45) is 7.05 Å². The smallest absolute Gasteiger partial charge is 0.412 e. The Labute approximate surface area is 178 Å². The summed E-state index contributed by atoms with van der Waals surface area (Å²) in [6, 6.07) is 6.97. The van der Waals surface area contributed by atoms with Gasteiger partial charge in [-0.05, 0) is 19.1 Å². The monoisotopic (exact) mass is 425 g/mol. The molecule has 1 aromatic carbocycles. The first-order valence-electron chi connectivity index (χ1n) is 9.42. The lowest BCUT2D eigenvalue weighted by atomic mass is 10.1. The Morgan fingerprint density at radius 2 is 2.00 bits per heavy atom. The summed E-state index contributed by atoms with van der Waals surface area (Å²) in [5, 5.41) is 12.6. The van der Waals surface area contributed by atoms with Crippen molar-refractivity contribution in [1.29, 1.82) is 0 Å². The van der Waals surface area contributed by atoms with Gasteiger partial charge in [0, 0.05) is 26.4 Å². The minimum Gasteiger partial charge on any atom is -0.494 e. The van der Waals surface area contributed by atoms with E-state index < -0.39 is 6.09 Å². The highest BCUT2D eigenvalue weighted by atomic mass is 16.5. The molecule has 2 aromatic heterocycles. The fourth-order valence-electron chi connectivity index (χ4n) is 2.85. The van der Waals surface area contributed by atoms with E-state index in [9.17, 15) is 9.59 Å². The number of nitrogens with one attached hydrogen (secondary N) is 3. The third-order valence-electron chi connectivity index (χ3n) is 4.21. The SMILES string of the molecule is CCOC(=O)Nc1cc(Nc2cccc(-c3ncn(C)n3)c2OC)c(C(=O)NC)cn1. The van der Waals surface area contributed by atoms with E-state index in [0.717, 1.165) is 0 Å². The lowest BCUT2D eigenvalue weighted by Gasteiger charge is -2.16. The van der Waals surface area contributed by atoms with Gasteiger partial charge < -0.3 is 20.1 Å².